The van der Waals surface area contributed by atoms with Crippen molar-refractivity contribution < 1.29 is 33.6 Å². The molecule has 0 fully saturated rings. The normalized spacial score (nSPS) is 14.9. The molecule has 10 nitrogen and oxygen atoms in total. The number of ether oxygens (including phenoxy) is 5. The summed E-state index contributed by atoms with van der Waals surface area (Å²) in [4.78, 5) is 32.2. The number of rotatable bonds is 9. The highest BCUT2D eigenvalue weighted by Gasteiger charge is 2.35. The summed E-state index contributed by atoms with van der Waals surface area (Å²) in [5, 5.41) is 10.3. The van der Waals surface area contributed by atoms with Gasteiger partial charge in [0, 0.05) is 4.47 Å². The third kappa shape index (κ3) is 5.33. The van der Waals surface area contributed by atoms with E-state index in [0.29, 0.717) is 48.7 Å². The first-order valence-electron chi connectivity index (χ1n) is 12.3. The molecule has 1 aromatic heterocycles. The van der Waals surface area contributed by atoms with Crippen LogP contribution < -0.4 is 33.8 Å². The molecule has 40 heavy (non-hydrogen) atoms. The fraction of sp³-hybridized carbons (Fsp3) is 0.321. The van der Waals surface area contributed by atoms with E-state index in [9.17, 15) is 14.7 Å². The van der Waals surface area contributed by atoms with Crippen LogP contribution in [0.15, 0.2) is 49.8 Å². The standard InChI is InChI=1S/C28H29BrN2O8S/c1-7-38-19-13-17(29)16(12-18(19)35-4)24-23(27(34)39-8-2)14(3)30-28-31(24)26(33)22(40-28)11-15-9-20(36-5)25(32)21(10-15)37-6/h9-13,24,32H,7-8H2,1-6H3/b22-11+/t24-/m0/s1. The minimum absolute atomic E-state index is 0.146. The number of benzene rings is 2. The van der Waals surface area contributed by atoms with Crippen molar-refractivity contribution in [3.05, 3.63) is 70.8 Å². The predicted molar refractivity (Wildman–Crippen MR) is 153 cm³/mol. The fourth-order valence-electron chi connectivity index (χ4n) is 4.42. The molecule has 3 aromatic rings. The monoisotopic (exact) mass is 632 g/mol. The molecule has 4 rings (SSSR count). The highest BCUT2D eigenvalue weighted by atomic mass is 79.9. The molecule has 0 radical (unpaired) electrons. The van der Waals surface area contributed by atoms with Crippen molar-refractivity contribution in [1.29, 1.82) is 0 Å². The molecule has 1 atom stereocenters. The Kier molecular flexibility index (Phi) is 8.89. The summed E-state index contributed by atoms with van der Waals surface area (Å²) >= 11 is 4.79. The number of carbonyl (C=O) groups is 1. The van der Waals surface area contributed by atoms with Gasteiger partial charge in [0.15, 0.2) is 27.8 Å². The minimum atomic E-state index is -0.861. The van der Waals surface area contributed by atoms with Gasteiger partial charge in [-0.1, -0.05) is 27.3 Å². The first-order chi connectivity index (χ1) is 19.2. The predicted octanol–water partition coefficient (Wildman–Crippen LogP) is 3.69. The van der Waals surface area contributed by atoms with Crippen LogP contribution in [0, 0.1) is 0 Å². The molecule has 1 aliphatic rings. The van der Waals surface area contributed by atoms with Crippen molar-refractivity contribution in [2.45, 2.75) is 26.8 Å². The van der Waals surface area contributed by atoms with Gasteiger partial charge in [0.1, 0.15) is 0 Å². The molecule has 0 unspecified atom stereocenters. The maximum atomic E-state index is 14.0. The second-order valence-electron chi connectivity index (χ2n) is 8.53. The van der Waals surface area contributed by atoms with Crippen LogP contribution in [0.5, 0.6) is 28.7 Å². The second-order valence-corrected chi connectivity index (χ2v) is 10.4. The van der Waals surface area contributed by atoms with Gasteiger partial charge in [-0.2, -0.15) is 0 Å². The molecule has 12 heteroatoms. The van der Waals surface area contributed by atoms with Crippen molar-refractivity contribution >= 4 is 39.3 Å². The summed E-state index contributed by atoms with van der Waals surface area (Å²) in [5.41, 5.74) is 1.47. The van der Waals surface area contributed by atoms with Gasteiger partial charge >= 0.3 is 5.97 Å². The van der Waals surface area contributed by atoms with Crippen LogP contribution in [0.4, 0.5) is 0 Å². The van der Waals surface area contributed by atoms with Crippen molar-refractivity contribution in [3.63, 3.8) is 0 Å². The third-order valence-corrected chi connectivity index (χ3v) is 7.86. The largest absolute Gasteiger partial charge is 0.502 e. The quantitative estimate of drug-likeness (QED) is 0.355. The van der Waals surface area contributed by atoms with E-state index in [4.69, 9.17) is 23.7 Å². The molecule has 0 spiro atoms. The lowest BCUT2D eigenvalue weighted by Gasteiger charge is -2.26. The average Bonchev–Trinajstić information content (AvgIpc) is 3.23. The number of hydrogen-bond donors (Lipinski definition) is 1. The number of esters is 1. The first kappa shape index (κ1) is 29.2. The highest BCUT2D eigenvalue weighted by Crippen LogP contribution is 2.41. The van der Waals surface area contributed by atoms with E-state index in [-0.39, 0.29) is 35.0 Å². The molecule has 2 heterocycles. The van der Waals surface area contributed by atoms with E-state index in [1.165, 1.54) is 37.2 Å². The lowest BCUT2D eigenvalue weighted by molar-refractivity contribution is -0.139. The Morgan fingerprint density at radius 1 is 1.05 bits per heavy atom. The number of phenolic OH excluding ortho intramolecular Hbond substituents is 1. The summed E-state index contributed by atoms with van der Waals surface area (Å²) in [5.74, 6) is 0.637. The van der Waals surface area contributed by atoms with Crippen molar-refractivity contribution in [1.82, 2.24) is 4.57 Å². The van der Waals surface area contributed by atoms with Gasteiger partial charge in [-0.25, -0.2) is 9.79 Å². The summed E-state index contributed by atoms with van der Waals surface area (Å²) in [6.07, 6.45) is 1.66. The summed E-state index contributed by atoms with van der Waals surface area (Å²) < 4.78 is 29.6. The van der Waals surface area contributed by atoms with E-state index in [2.05, 4.69) is 20.9 Å². The summed E-state index contributed by atoms with van der Waals surface area (Å²) in [7, 11) is 4.37. The zero-order valence-electron chi connectivity index (χ0n) is 22.9. The molecule has 1 N–H and O–H groups in total. The fourth-order valence-corrected chi connectivity index (χ4v) is 6.01. The van der Waals surface area contributed by atoms with Crippen LogP contribution in [-0.4, -0.2) is 50.2 Å². The Morgan fingerprint density at radius 2 is 1.70 bits per heavy atom. The number of halogens is 1. The Morgan fingerprint density at radius 3 is 2.27 bits per heavy atom. The molecule has 0 saturated carbocycles. The van der Waals surface area contributed by atoms with Gasteiger partial charge in [-0.15, -0.1) is 0 Å². The Balaban J connectivity index is 2.00. The minimum Gasteiger partial charge on any atom is -0.502 e. The molecule has 0 saturated heterocycles. The molecule has 0 amide bonds. The van der Waals surface area contributed by atoms with Gasteiger partial charge in [0.25, 0.3) is 5.56 Å². The number of aromatic nitrogens is 1. The van der Waals surface area contributed by atoms with Crippen LogP contribution in [0.25, 0.3) is 6.08 Å². The van der Waals surface area contributed by atoms with Gasteiger partial charge in [-0.3, -0.25) is 9.36 Å². The molecular weight excluding hydrogens is 604 g/mol. The Labute approximate surface area is 242 Å². The average molecular weight is 634 g/mol. The molecule has 212 valence electrons. The number of nitrogens with zero attached hydrogens (tertiary/aromatic N) is 2. The van der Waals surface area contributed by atoms with Gasteiger partial charge in [-0.05, 0) is 62.2 Å². The SMILES string of the molecule is CCOC(=O)C1=C(C)N=c2s/c(=C/c3cc(OC)c(O)c(OC)c3)c(=O)n2[C@H]1c1cc(OC)c(OCC)cc1Br. The van der Waals surface area contributed by atoms with Crippen molar-refractivity contribution in [2.24, 2.45) is 4.99 Å². The van der Waals surface area contributed by atoms with E-state index >= 15 is 0 Å². The van der Waals surface area contributed by atoms with Gasteiger partial charge in [0.2, 0.25) is 5.75 Å². The number of fused-ring (bicyclic) bond motifs is 1. The maximum absolute atomic E-state index is 14.0. The van der Waals surface area contributed by atoms with Crippen molar-refractivity contribution in [3.8, 4) is 28.7 Å². The van der Waals surface area contributed by atoms with E-state index in [0.717, 1.165) is 0 Å². The number of methoxy groups -OCH3 is 3. The van der Waals surface area contributed by atoms with E-state index in [1.807, 2.05) is 6.92 Å². The lowest BCUT2D eigenvalue weighted by Crippen LogP contribution is -2.40. The van der Waals surface area contributed by atoms with Crippen LogP contribution in [0.2, 0.25) is 0 Å². The number of allylic oxidation sites excluding steroid dienone is 1. The summed E-state index contributed by atoms with van der Waals surface area (Å²) in [6, 6.07) is 5.82. The number of thiazole rings is 1. The Hall–Kier alpha value is -3.77. The van der Waals surface area contributed by atoms with Crippen LogP contribution >= 0.6 is 27.3 Å². The third-order valence-electron chi connectivity index (χ3n) is 6.19. The Bertz CT molecular complexity index is 1650. The van der Waals surface area contributed by atoms with Gasteiger partial charge < -0.3 is 28.8 Å². The number of phenols is 1. The second kappa shape index (κ2) is 12.2. The van der Waals surface area contributed by atoms with E-state index < -0.39 is 12.0 Å². The number of carbonyl (C=O) groups excluding carboxylic acids is 1. The maximum Gasteiger partial charge on any atom is 0.338 e. The lowest BCUT2D eigenvalue weighted by atomic mass is 9.95. The highest BCUT2D eigenvalue weighted by molar-refractivity contribution is 9.10. The van der Waals surface area contributed by atoms with Crippen LogP contribution in [-0.2, 0) is 9.53 Å². The topological polar surface area (TPSA) is 118 Å². The number of aromatic hydroxyl groups is 1. The smallest absolute Gasteiger partial charge is 0.338 e. The number of hydrogen-bond acceptors (Lipinski definition) is 10. The van der Waals surface area contributed by atoms with Crippen molar-refractivity contribution in [2.75, 3.05) is 34.5 Å². The zero-order valence-corrected chi connectivity index (χ0v) is 25.3. The molecular formula is C28H29BrN2O8S. The van der Waals surface area contributed by atoms with Gasteiger partial charge in [0.05, 0.1) is 56.4 Å². The molecule has 2 aromatic carbocycles. The zero-order chi connectivity index (χ0) is 29.1. The van der Waals surface area contributed by atoms with E-state index in [1.54, 1.807) is 44.2 Å². The summed E-state index contributed by atoms with van der Waals surface area (Å²) in [6.45, 7) is 5.88. The van der Waals surface area contributed by atoms with Crippen LogP contribution in [0.3, 0.4) is 0 Å². The molecule has 1 aliphatic heterocycles. The first-order valence-corrected chi connectivity index (χ1v) is 13.9. The molecule has 0 aliphatic carbocycles. The molecule has 0 bridgehead atoms. The van der Waals surface area contributed by atoms with Crippen LogP contribution in [0.1, 0.15) is 37.9 Å².